The molecule has 6 nitrogen and oxygen atoms in total. The maximum Gasteiger partial charge on any atom is 0.259 e. The first kappa shape index (κ1) is 29.6. The Hall–Kier alpha value is -1.36. The van der Waals surface area contributed by atoms with Gasteiger partial charge in [0.2, 0.25) is 0 Å². The van der Waals surface area contributed by atoms with E-state index in [0.29, 0.717) is 23.3 Å². The maximum atomic E-state index is 10.6. The van der Waals surface area contributed by atoms with Crippen LogP contribution < -0.4 is 5.73 Å². The Morgan fingerprint density at radius 1 is 1.03 bits per heavy atom. The Balaban J connectivity index is 0.00000206. The Bertz CT molecular complexity index is 748. The minimum Gasteiger partial charge on any atom is -0.507 e. The molecule has 10 heteroatoms. The highest BCUT2D eigenvalue weighted by atomic mass is 32.2. The van der Waals surface area contributed by atoms with Crippen molar-refractivity contribution in [3.63, 3.8) is 0 Å². The lowest BCUT2D eigenvalue weighted by atomic mass is 9.99. The van der Waals surface area contributed by atoms with Gasteiger partial charge in [-0.05, 0) is 88.7 Å². The first-order valence-electron chi connectivity index (χ1n) is 10.2. The smallest absolute Gasteiger partial charge is 0.259 e. The number of aromatic hydroxyl groups is 1. The summed E-state index contributed by atoms with van der Waals surface area (Å²) in [6.45, 7) is 16.1. The highest BCUT2D eigenvalue weighted by molar-refractivity contribution is 8.22. The third kappa shape index (κ3) is 10.2. The topological polar surface area (TPSA) is 82.2 Å². The molecular formula is C21H35N3O3S4. The van der Waals surface area contributed by atoms with Crippen LogP contribution in [0.3, 0.4) is 0 Å². The fourth-order valence-electron chi connectivity index (χ4n) is 2.79. The third-order valence-electron chi connectivity index (χ3n) is 4.72. The van der Waals surface area contributed by atoms with Crippen molar-refractivity contribution in [2.45, 2.75) is 53.9 Å². The molecule has 0 saturated heterocycles. The fourth-order valence-corrected chi connectivity index (χ4v) is 4.61. The van der Waals surface area contributed by atoms with Crippen LogP contribution in [0, 0.1) is 13.8 Å². The minimum absolute atomic E-state index is 0.345. The van der Waals surface area contributed by atoms with Gasteiger partial charge in [-0.1, -0.05) is 24.0 Å². The van der Waals surface area contributed by atoms with Gasteiger partial charge in [-0.15, -0.1) is 0 Å². The molecule has 0 radical (unpaired) electrons. The molecule has 0 aliphatic carbocycles. The number of ether oxygens (including phenoxy) is 1. The summed E-state index contributed by atoms with van der Waals surface area (Å²) in [6.07, 6.45) is 0. The van der Waals surface area contributed by atoms with Crippen LogP contribution in [0.25, 0.3) is 0 Å². The van der Waals surface area contributed by atoms with E-state index in [1.165, 1.54) is 0 Å². The molecule has 0 fully saturated rings. The number of aliphatic hydroxyl groups excluding tert-OH is 1. The summed E-state index contributed by atoms with van der Waals surface area (Å²) in [5, 5.41) is 18.1. The van der Waals surface area contributed by atoms with E-state index in [1.807, 2.05) is 24.8 Å². The first-order valence-corrected chi connectivity index (χ1v) is 12.4. The average molecular weight is 506 g/mol. The lowest BCUT2D eigenvalue weighted by molar-refractivity contribution is 0.238. The summed E-state index contributed by atoms with van der Waals surface area (Å²) in [5.41, 5.74) is 8.24. The second-order valence-corrected chi connectivity index (χ2v) is 8.97. The lowest BCUT2D eigenvalue weighted by Crippen LogP contribution is -2.30. The lowest BCUT2D eigenvalue weighted by Gasteiger charge is -2.23. The van der Waals surface area contributed by atoms with Crippen molar-refractivity contribution in [1.29, 1.82) is 0 Å². The molecule has 0 unspecified atom stereocenters. The Morgan fingerprint density at radius 2 is 1.52 bits per heavy atom. The number of phenols is 1. The van der Waals surface area contributed by atoms with Crippen molar-refractivity contribution in [3.8, 4) is 5.75 Å². The molecule has 1 rings (SSSR count). The van der Waals surface area contributed by atoms with Crippen LogP contribution in [0.1, 0.15) is 49.9 Å². The number of phenolic OH excluding ortho intramolecular Hbond substituents is 1. The number of aryl methyl sites for hydroxylation is 1. The molecule has 0 amide bonds. The van der Waals surface area contributed by atoms with E-state index < -0.39 is 5.17 Å². The number of aliphatic hydroxyl groups is 1. The Morgan fingerprint density at radius 3 is 1.97 bits per heavy atom. The van der Waals surface area contributed by atoms with Crippen LogP contribution in [-0.2, 0) is 17.1 Å². The predicted octanol–water partition coefficient (Wildman–Crippen LogP) is 4.80. The zero-order chi connectivity index (χ0) is 24.1. The van der Waals surface area contributed by atoms with Crippen molar-refractivity contribution in [2.75, 3.05) is 26.2 Å². The van der Waals surface area contributed by atoms with E-state index in [2.05, 4.69) is 50.5 Å². The van der Waals surface area contributed by atoms with Crippen molar-refractivity contribution in [1.82, 2.24) is 9.80 Å². The predicted molar refractivity (Wildman–Crippen MR) is 144 cm³/mol. The number of benzene rings is 1. The van der Waals surface area contributed by atoms with E-state index in [9.17, 15) is 5.11 Å². The quantitative estimate of drug-likeness (QED) is 0.429. The van der Waals surface area contributed by atoms with Crippen LogP contribution >= 0.6 is 48.4 Å². The summed E-state index contributed by atoms with van der Waals surface area (Å²) in [6, 6.07) is 1.98. The number of rotatable bonds is 8. The molecule has 0 atom stereocenters. The number of hydrogen-bond donors (Lipinski definition) is 3. The minimum atomic E-state index is -0.500. The summed E-state index contributed by atoms with van der Waals surface area (Å²) in [5.74, 6) is 0.986. The number of nitrogens with zero attached hydrogens (tertiary/aromatic N) is 2. The second-order valence-electron chi connectivity index (χ2n) is 6.60. The number of thiocarbonyl (C=S) groups is 3. The Kier molecular flexibility index (Phi) is 14.8. The molecule has 0 aromatic heterocycles. The van der Waals surface area contributed by atoms with E-state index in [4.69, 9.17) is 34.3 Å². The molecule has 0 saturated carbocycles. The van der Waals surface area contributed by atoms with Crippen LogP contribution in [0.4, 0.5) is 0 Å². The standard InChI is InChI=1S/C20H32N2O2S3.CH3NOS/c1-7-21(8-2)19(25)24-12-16-11-14(5)18(23)17(15(16)6)13-27-20(26)22(9-3)10-4;2-1(3)4/h11,23H,7-10,12-13H2,1-6H3;(H3,2,3,4). The molecule has 1 aromatic carbocycles. The molecule has 0 bridgehead atoms. The van der Waals surface area contributed by atoms with Gasteiger partial charge in [0.25, 0.3) is 10.3 Å². The van der Waals surface area contributed by atoms with Gasteiger partial charge < -0.3 is 30.5 Å². The van der Waals surface area contributed by atoms with Gasteiger partial charge in [-0.25, -0.2) is 0 Å². The largest absolute Gasteiger partial charge is 0.507 e. The van der Waals surface area contributed by atoms with E-state index >= 15 is 0 Å². The van der Waals surface area contributed by atoms with E-state index in [1.54, 1.807) is 11.8 Å². The van der Waals surface area contributed by atoms with Gasteiger partial charge in [-0.3, -0.25) is 0 Å². The van der Waals surface area contributed by atoms with Crippen molar-refractivity contribution in [3.05, 3.63) is 28.3 Å². The average Bonchev–Trinajstić information content (AvgIpc) is 2.71. The van der Waals surface area contributed by atoms with Gasteiger partial charge in [0.15, 0.2) is 0 Å². The molecule has 176 valence electrons. The van der Waals surface area contributed by atoms with Crippen LogP contribution in [0.2, 0.25) is 0 Å². The SMILES string of the molecule is CCN(CC)C(=S)OCc1cc(C)c(O)c(CSC(=S)N(CC)CC)c1C.NC(O)=S. The summed E-state index contributed by atoms with van der Waals surface area (Å²) in [7, 11) is 0. The normalized spacial score (nSPS) is 10.0. The van der Waals surface area contributed by atoms with E-state index in [-0.39, 0.29) is 0 Å². The second kappa shape index (κ2) is 15.4. The van der Waals surface area contributed by atoms with Gasteiger partial charge in [0.1, 0.15) is 16.7 Å². The number of thioether (sulfide) groups is 1. The van der Waals surface area contributed by atoms with Gasteiger partial charge >= 0.3 is 0 Å². The first-order chi connectivity index (χ1) is 14.5. The fraction of sp³-hybridized carbons (Fsp3) is 0.571. The molecule has 0 heterocycles. The van der Waals surface area contributed by atoms with Crippen LogP contribution in [0.5, 0.6) is 5.75 Å². The van der Waals surface area contributed by atoms with Crippen molar-refractivity contribution >= 4 is 63.1 Å². The molecule has 0 spiro atoms. The molecule has 1 aromatic rings. The van der Waals surface area contributed by atoms with Crippen LogP contribution in [0.15, 0.2) is 6.07 Å². The Labute approximate surface area is 207 Å². The van der Waals surface area contributed by atoms with Crippen molar-refractivity contribution in [2.24, 2.45) is 5.73 Å². The van der Waals surface area contributed by atoms with Crippen LogP contribution in [-0.4, -0.2) is 60.9 Å². The van der Waals surface area contributed by atoms with Gasteiger partial charge in [0, 0.05) is 37.5 Å². The number of hydrogen-bond acceptors (Lipinski definition) is 6. The summed E-state index contributed by atoms with van der Waals surface area (Å²) < 4.78 is 6.70. The van der Waals surface area contributed by atoms with Gasteiger partial charge in [0.05, 0.1) is 0 Å². The third-order valence-corrected chi connectivity index (χ3v) is 6.64. The van der Waals surface area contributed by atoms with Crippen molar-refractivity contribution < 1.29 is 14.9 Å². The molecular weight excluding hydrogens is 471 g/mol. The maximum absolute atomic E-state index is 10.6. The highest BCUT2D eigenvalue weighted by Crippen LogP contribution is 2.32. The van der Waals surface area contributed by atoms with Gasteiger partial charge in [-0.2, -0.15) is 0 Å². The summed E-state index contributed by atoms with van der Waals surface area (Å²) >= 11 is 16.4. The summed E-state index contributed by atoms with van der Waals surface area (Å²) in [4.78, 5) is 4.16. The van der Waals surface area contributed by atoms with E-state index in [0.717, 1.165) is 52.8 Å². The molecule has 31 heavy (non-hydrogen) atoms. The monoisotopic (exact) mass is 505 g/mol. The molecule has 0 aliphatic heterocycles. The highest BCUT2D eigenvalue weighted by Gasteiger charge is 2.16. The zero-order valence-corrected chi connectivity index (χ0v) is 22.5. The number of nitrogens with two attached hydrogens (primary N) is 1. The molecule has 0 aliphatic rings. The molecule has 4 N–H and O–H groups in total. The zero-order valence-electron chi connectivity index (χ0n) is 19.2.